The molecule has 4 aliphatic heterocycles. The molecule has 8 aromatic rings. The van der Waals surface area contributed by atoms with Crippen molar-refractivity contribution in [3.8, 4) is 11.5 Å². The number of aliphatic hydroxyl groups excluding tert-OH is 1. The zero-order valence-corrected chi connectivity index (χ0v) is 51.5. The minimum Gasteiger partial charge on any atom is -0.497 e. The van der Waals surface area contributed by atoms with E-state index in [4.69, 9.17) is 71.1 Å². The second-order valence-corrected chi connectivity index (χ2v) is 23.0. The molecule has 484 valence electrons. The van der Waals surface area contributed by atoms with Crippen LogP contribution >= 0.6 is 0 Å². The van der Waals surface area contributed by atoms with Gasteiger partial charge in [0.1, 0.15) is 84.7 Å². The SMILES string of the molecule is COc1ccc(O[C@@H]2O[C@H](COCc3ccccc3)[C@H](OCc3ccccc3)[C@H](O[C@@H]3O[C@@H]4CO[C@H](c5ccccc5)O[C@@H]4[C@H](O[C@@H]4O[C@H](COCc5ccccc5)[C@H](OCc5ccccc5)[C@H](OCc5ccccc5)[C@H]4O)[C@H]3N=[N+]=[N-])[C@H]2OCc2ccccc2)cc1. The third-order valence-corrected chi connectivity index (χ3v) is 16.6. The zero-order valence-electron chi connectivity index (χ0n) is 51.5. The van der Waals surface area contributed by atoms with Crippen LogP contribution in [0.5, 0.6) is 11.5 Å². The molecular weight excluding hydrogens is 1190 g/mol. The van der Waals surface area contributed by atoms with Crippen molar-refractivity contribution >= 4 is 0 Å². The van der Waals surface area contributed by atoms with Crippen LogP contribution in [0, 0.1) is 0 Å². The molecule has 0 spiro atoms. The predicted octanol–water partition coefficient (Wildman–Crippen LogP) is 11.9. The highest BCUT2D eigenvalue weighted by Crippen LogP contribution is 2.42. The summed E-state index contributed by atoms with van der Waals surface area (Å²) in [6, 6.07) is 73.6. The summed E-state index contributed by atoms with van der Waals surface area (Å²) in [5, 5.41) is 17.5. The summed E-state index contributed by atoms with van der Waals surface area (Å²) < 4.78 is 102. The second-order valence-electron chi connectivity index (χ2n) is 23.0. The average Bonchev–Trinajstić information content (AvgIpc) is 0.791. The summed E-state index contributed by atoms with van der Waals surface area (Å²) in [5.41, 5.74) is 16.9. The standard InChI is InChI=1S/C74H77N3O16/c1-79-57-37-39-58(40-38-57)87-74-70(85-46-55-33-19-7-20-34-55)69(65(83-44-53-29-15-5-16-30-53)60(90-74)48-81-42-51-25-11-3-12-26-51)93-72-62(76-77-75)67(66-61(88-72)49-86-71(91-66)56-35-21-8-22-36-56)92-73-63(78)68(84-45-54-31-17-6-18-32-54)64(82-43-52-27-13-4-14-28-52)59(89-73)47-80-41-50-23-9-2-10-24-50/h2-40,59-74,78H,41-49H2,1H3/t59-,60-,61-,62-,63-,64+,65+,66+,67-,68-,69+,70-,71+,72+,73+,74-/m1/s1. The number of benzene rings is 8. The third-order valence-electron chi connectivity index (χ3n) is 16.6. The molecule has 1 N–H and O–H groups in total. The van der Waals surface area contributed by atoms with Crippen LogP contribution in [0.15, 0.2) is 242 Å². The van der Waals surface area contributed by atoms with E-state index in [1.165, 1.54) is 0 Å². The molecule has 8 aromatic carbocycles. The second kappa shape index (κ2) is 33.3. The van der Waals surface area contributed by atoms with Gasteiger partial charge in [0.15, 0.2) is 18.9 Å². The number of nitrogens with zero attached hydrogens (tertiary/aromatic N) is 3. The molecule has 4 saturated heterocycles. The van der Waals surface area contributed by atoms with Crippen molar-refractivity contribution in [3.63, 3.8) is 0 Å². The van der Waals surface area contributed by atoms with Crippen molar-refractivity contribution in [3.05, 3.63) is 286 Å². The number of hydrogen-bond donors (Lipinski definition) is 1. The highest BCUT2D eigenvalue weighted by molar-refractivity contribution is 5.31. The molecular formula is C74H77N3O16. The Morgan fingerprint density at radius 2 is 0.839 bits per heavy atom. The van der Waals surface area contributed by atoms with Crippen molar-refractivity contribution in [1.82, 2.24) is 0 Å². The molecule has 0 radical (unpaired) electrons. The van der Waals surface area contributed by atoms with Crippen molar-refractivity contribution < 1.29 is 76.2 Å². The molecule has 19 nitrogen and oxygen atoms in total. The van der Waals surface area contributed by atoms with Gasteiger partial charge >= 0.3 is 0 Å². The van der Waals surface area contributed by atoms with Crippen LogP contribution in [0.4, 0.5) is 0 Å². The Labute approximate surface area is 541 Å². The lowest BCUT2D eigenvalue weighted by molar-refractivity contribution is -0.393. The van der Waals surface area contributed by atoms with E-state index < -0.39 is 98.3 Å². The van der Waals surface area contributed by atoms with Crippen LogP contribution in [-0.4, -0.2) is 124 Å². The largest absolute Gasteiger partial charge is 0.497 e. The van der Waals surface area contributed by atoms with Crippen molar-refractivity contribution in [2.45, 2.75) is 138 Å². The quantitative estimate of drug-likeness (QED) is 0.0263. The highest BCUT2D eigenvalue weighted by Gasteiger charge is 2.58. The van der Waals surface area contributed by atoms with E-state index in [1.54, 1.807) is 31.4 Å². The van der Waals surface area contributed by atoms with Gasteiger partial charge in [0.2, 0.25) is 6.29 Å². The van der Waals surface area contributed by atoms with E-state index in [9.17, 15) is 10.6 Å². The van der Waals surface area contributed by atoms with Crippen molar-refractivity contribution in [2.75, 3.05) is 26.9 Å². The number of hydrogen-bond acceptors (Lipinski definition) is 17. The van der Waals surface area contributed by atoms with E-state index in [2.05, 4.69) is 10.0 Å². The van der Waals surface area contributed by atoms with Gasteiger partial charge in [-0.15, -0.1) is 0 Å². The van der Waals surface area contributed by atoms with Crippen LogP contribution in [0.2, 0.25) is 0 Å². The minimum absolute atomic E-state index is 0.00306. The number of fused-ring (bicyclic) bond motifs is 1. The molecule has 0 saturated carbocycles. The first-order valence-electron chi connectivity index (χ1n) is 31.4. The van der Waals surface area contributed by atoms with Gasteiger partial charge in [-0.3, -0.25) is 0 Å². The van der Waals surface area contributed by atoms with Gasteiger partial charge in [-0.25, -0.2) is 0 Å². The maximum absolute atomic E-state index is 13.0. The van der Waals surface area contributed by atoms with Gasteiger partial charge in [-0.05, 0) is 63.2 Å². The van der Waals surface area contributed by atoms with E-state index in [-0.39, 0.29) is 59.5 Å². The van der Waals surface area contributed by atoms with Crippen LogP contribution < -0.4 is 9.47 Å². The number of rotatable bonds is 29. The molecule has 0 bridgehead atoms. The van der Waals surface area contributed by atoms with E-state index in [1.807, 2.05) is 212 Å². The van der Waals surface area contributed by atoms with Crippen LogP contribution in [0.1, 0.15) is 45.2 Å². The Kier molecular flexibility index (Phi) is 23.3. The van der Waals surface area contributed by atoms with Crippen molar-refractivity contribution in [1.29, 1.82) is 0 Å². The van der Waals surface area contributed by atoms with E-state index >= 15 is 0 Å². The number of methoxy groups -OCH3 is 1. The normalized spacial score (nSPS) is 27.7. The van der Waals surface area contributed by atoms with E-state index in [0.717, 1.165) is 33.4 Å². The van der Waals surface area contributed by atoms with Gasteiger partial charge in [-0.1, -0.05) is 217 Å². The maximum Gasteiger partial charge on any atom is 0.229 e. The van der Waals surface area contributed by atoms with Gasteiger partial charge < -0.3 is 76.2 Å². The number of aliphatic hydroxyl groups is 1. The fraction of sp³-hybridized carbons (Fsp3) is 0.351. The smallest absolute Gasteiger partial charge is 0.229 e. The van der Waals surface area contributed by atoms with Gasteiger partial charge in [-0.2, -0.15) is 0 Å². The number of ether oxygens (including phenoxy) is 15. The van der Waals surface area contributed by atoms with Crippen LogP contribution in [-0.2, 0) is 101 Å². The van der Waals surface area contributed by atoms with Gasteiger partial charge in [0.05, 0.1) is 66.6 Å². The molecule has 0 aliphatic carbocycles. The Hall–Kier alpha value is -7.89. The third kappa shape index (κ3) is 17.5. The molecule has 93 heavy (non-hydrogen) atoms. The lowest BCUT2D eigenvalue weighted by Crippen LogP contribution is -2.68. The molecule has 4 heterocycles. The summed E-state index contributed by atoms with van der Waals surface area (Å²) in [4.78, 5) is 3.45. The topological polar surface area (TPSA) is 207 Å². The molecule has 12 rings (SSSR count). The summed E-state index contributed by atoms with van der Waals surface area (Å²) >= 11 is 0. The molecule has 4 aliphatic rings. The Balaban J connectivity index is 0.930. The number of azide groups is 1. The molecule has 0 amide bonds. The molecule has 4 fully saturated rings. The molecule has 16 atom stereocenters. The Morgan fingerprint density at radius 1 is 0.430 bits per heavy atom. The van der Waals surface area contributed by atoms with Crippen LogP contribution in [0.25, 0.3) is 10.4 Å². The lowest BCUT2D eigenvalue weighted by atomic mass is 9.93. The average molecular weight is 1260 g/mol. The summed E-state index contributed by atoms with van der Waals surface area (Å²) in [5.74, 6) is 1.06. The molecule has 19 heteroatoms. The summed E-state index contributed by atoms with van der Waals surface area (Å²) in [6.07, 6.45) is -17.0. The van der Waals surface area contributed by atoms with Gasteiger partial charge in [0, 0.05) is 10.5 Å². The maximum atomic E-state index is 13.0. The summed E-state index contributed by atoms with van der Waals surface area (Å²) in [6.45, 7) is 0.910. The first-order chi connectivity index (χ1) is 45.9. The highest BCUT2D eigenvalue weighted by atomic mass is 16.8. The predicted molar refractivity (Wildman–Crippen MR) is 341 cm³/mol. The van der Waals surface area contributed by atoms with Crippen molar-refractivity contribution in [2.24, 2.45) is 5.11 Å². The minimum atomic E-state index is -1.54. The Morgan fingerprint density at radius 3 is 1.31 bits per heavy atom. The van der Waals surface area contributed by atoms with Gasteiger partial charge in [0.25, 0.3) is 0 Å². The zero-order chi connectivity index (χ0) is 63.4. The molecule has 0 unspecified atom stereocenters. The fourth-order valence-corrected chi connectivity index (χ4v) is 11.9. The fourth-order valence-electron chi connectivity index (χ4n) is 11.9. The first kappa shape index (κ1) is 65.2. The summed E-state index contributed by atoms with van der Waals surface area (Å²) in [7, 11) is 1.59. The molecule has 0 aromatic heterocycles. The lowest BCUT2D eigenvalue weighted by Gasteiger charge is -2.52. The van der Waals surface area contributed by atoms with Crippen LogP contribution in [0.3, 0.4) is 0 Å². The monoisotopic (exact) mass is 1260 g/mol. The first-order valence-corrected chi connectivity index (χ1v) is 31.4. The Bertz CT molecular complexity index is 3500. The van der Waals surface area contributed by atoms with E-state index in [0.29, 0.717) is 17.1 Å².